The first-order chi connectivity index (χ1) is 15.8. The van der Waals surface area contributed by atoms with Crippen molar-refractivity contribution < 1.29 is 17.9 Å². The van der Waals surface area contributed by atoms with Gasteiger partial charge < -0.3 is 9.64 Å². The molecule has 1 aromatic heterocycles. The van der Waals surface area contributed by atoms with Crippen LogP contribution >= 0.6 is 0 Å². The SMILES string of the molecule is Cc1cnc2c(S(=O)(=O)N3CCN(C(=O)COc4cccc(C(C)C)c4)CC3)cccc2c1. The van der Waals surface area contributed by atoms with Crippen molar-refractivity contribution in [3.63, 3.8) is 0 Å². The maximum Gasteiger partial charge on any atom is 0.260 e. The summed E-state index contributed by atoms with van der Waals surface area (Å²) in [5.41, 5.74) is 2.60. The molecule has 0 radical (unpaired) electrons. The molecule has 33 heavy (non-hydrogen) atoms. The van der Waals surface area contributed by atoms with Crippen LogP contribution in [0.25, 0.3) is 10.9 Å². The van der Waals surface area contributed by atoms with E-state index in [2.05, 4.69) is 18.8 Å². The zero-order chi connectivity index (χ0) is 23.6. The number of piperazine rings is 1. The molecule has 0 saturated carbocycles. The van der Waals surface area contributed by atoms with Gasteiger partial charge in [0, 0.05) is 37.8 Å². The van der Waals surface area contributed by atoms with E-state index < -0.39 is 10.0 Å². The van der Waals surface area contributed by atoms with Gasteiger partial charge >= 0.3 is 0 Å². The minimum atomic E-state index is -3.72. The highest BCUT2D eigenvalue weighted by atomic mass is 32.2. The van der Waals surface area contributed by atoms with Gasteiger partial charge in [0.05, 0.1) is 5.52 Å². The van der Waals surface area contributed by atoms with Crippen molar-refractivity contribution in [1.82, 2.24) is 14.2 Å². The Kier molecular flexibility index (Phi) is 6.67. The molecule has 8 heteroatoms. The Morgan fingerprint density at radius 2 is 1.79 bits per heavy atom. The molecule has 174 valence electrons. The molecule has 1 aliphatic rings. The molecule has 0 bridgehead atoms. The molecule has 0 atom stereocenters. The summed E-state index contributed by atoms with van der Waals surface area (Å²) in [5, 5.41) is 0.795. The monoisotopic (exact) mass is 467 g/mol. The van der Waals surface area contributed by atoms with Gasteiger partial charge in [-0.2, -0.15) is 4.31 Å². The van der Waals surface area contributed by atoms with Gasteiger partial charge in [-0.15, -0.1) is 0 Å². The standard InChI is InChI=1S/C25H29N3O4S/c1-18(2)20-6-4-8-22(15-20)32-17-24(29)27-10-12-28(13-11-27)33(30,31)23-9-5-7-21-14-19(3)16-26-25(21)23/h4-9,14-16,18H,10-13,17H2,1-3H3. The Bertz CT molecular complexity index is 1270. The number of hydrogen-bond acceptors (Lipinski definition) is 5. The van der Waals surface area contributed by atoms with Crippen molar-refractivity contribution >= 4 is 26.8 Å². The number of rotatable bonds is 6. The highest BCUT2D eigenvalue weighted by Crippen LogP contribution is 2.26. The molecular weight excluding hydrogens is 438 g/mol. The van der Waals surface area contributed by atoms with Crippen molar-refractivity contribution in [3.05, 3.63) is 65.9 Å². The Balaban J connectivity index is 1.39. The van der Waals surface area contributed by atoms with E-state index in [1.807, 2.05) is 43.3 Å². The lowest BCUT2D eigenvalue weighted by atomic mass is 10.0. The van der Waals surface area contributed by atoms with Gasteiger partial charge in [0.15, 0.2) is 6.61 Å². The van der Waals surface area contributed by atoms with Crippen molar-refractivity contribution in [1.29, 1.82) is 0 Å². The Morgan fingerprint density at radius 1 is 1.06 bits per heavy atom. The number of pyridine rings is 1. The molecule has 0 N–H and O–H groups in total. The summed E-state index contributed by atoms with van der Waals surface area (Å²) in [6.07, 6.45) is 1.68. The number of amides is 1. The maximum absolute atomic E-state index is 13.3. The summed E-state index contributed by atoms with van der Waals surface area (Å²) in [5.74, 6) is 0.888. The number of fused-ring (bicyclic) bond motifs is 1. The van der Waals surface area contributed by atoms with Crippen molar-refractivity contribution in [2.24, 2.45) is 0 Å². The number of para-hydroxylation sites is 1. The van der Waals surface area contributed by atoms with E-state index in [9.17, 15) is 13.2 Å². The zero-order valence-corrected chi connectivity index (χ0v) is 20.0. The number of sulfonamides is 1. The molecule has 0 spiro atoms. The van der Waals surface area contributed by atoms with Gasteiger partial charge in [-0.25, -0.2) is 8.42 Å². The minimum absolute atomic E-state index is 0.0686. The summed E-state index contributed by atoms with van der Waals surface area (Å²) in [4.78, 5) is 18.9. The van der Waals surface area contributed by atoms with E-state index in [1.165, 1.54) is 4.31 Å². The zero-order valence-electron chi connectivity index (χ0n) is 19.2. The molecule has 1 fully saturated rings. The molecule has 0 aliphatic carbocycles. The summed E-state index contributed by atoms with van der Waals surface area (Å²) >= 11 is 0. The number of carbonyl (C=O) groups is 1. The van der Waals surface area contributed by atoms with Crippen LogP contribution < -0.4 is 4.74 Å². The van der Waals surface area contributed by atoms with Gasteiger partial charge in [0.2, 0.25) is 10.0 Å². The molecule has 1 saturated heterocycles. The topological polar surface area (TPSA) is 79.8 Å². The molecule has 4 rings (SSSR count). The highest BCUT2D eigenvalue weighted by molar-refractivity contribution is 7.89. The van der Waals surface area contributed by atoms with Crippen LogP contribution in [0, 0.1) is 6.92 Å². The molecular formula is C25H29N3O4S. The molecule has 0 unspecified atom stereocenters. The second-order valence-electron chi connectivity index (χ2n) is 8.64. The summed E-state index contributed by atoms with van der Waals surface area (Å²) in [6.45, 7) is 7.18. The average Bonchev–Trinajstić information content (AvgIpc) is 2.82. The van der Waals surface area contributed by atoms with Gasteiger partial charge in [-0.3, -0.25) is 9.78 Å². The van der Waals surface area contributed by atoms with Crippen LogP contribution in [-0.4, -0.2) is 61.3 Å². The highest BCUT2D eigenvalue weighted by Gasteiger charge is 2.31. The Labute approximate surface area is 195 Å². The first kappa shape index (κ1) is 23.2. The minimum Gasteiger partial charge on any atom is -0.484 e. The fourth-order valence-corrected chi connectivity index (χ4v) is 5.56. The second-order valence-corrected chi connectivity index (χ2v) is 10.5. The third kappa shape index (κ3) is 5.02. The van der Waals surface area contributed by atoms with Crippen LogP contribution in [0.1, 0.15) is 30.9 Å². The lowest BCUT2D eigenvalue weighted by Gasteiger charge is -2.34. The second kappa shape index (κ2) is 9.49. The van der Waals surface area contributed by atoms with Crippen molar-refractivity contribution in [2.45, 2.75) is 31.6 Å². The quantitative estimate of drug-likeness (QED) is 0.554. The van der Waals surface area contributed by atoms with Crippen LogP contribution in [0.5, 0.6) is 5.75 Å². The van der Waals surface area contributed by atoms with Crippen LogP contribution in [0.2, 0.25) is 0 Å². The van der Waals surface area contributed by atoms with E-state index in [0.29, 0.717) is 30.3 Å². The van der Waals surface area contributed by atoms with Gasteiger partial charge in [0.1, 0.15) is 10.6 Å². The summed E-state index contributed by atoms with van der Waals surface area (Å²) in [6, 6.07) is 14.9. The number of hydrogen-bond donors (Lipinski definition) is 0. The van der Waals surface area contributed by atoms with Crippen molar-refractivity contribution in [2.75, 3.05) is 32.8 Å². The van der Waals surface area contributed by atoms with Crippen LogP contribution in [0.15, 0.2) is 59.6 Å². The molecule has 2 aromatic carbocycles. The van der Waals surface area contributed by atoms with Gasteiger partial charge in [-0.05, 0) is 48.2 Å². The van der Waals surface area contributed by atoms with Crippen molar-refractivity contribution in [3.8, 4) is 5.75 Å². The average molecular weight is 468 g/mol. The smallest absolute Gasteiger partial charge is 0.260 e. The largest absolute Gasteiger partial charge is 0.484 e. The predicted molar refractivity (Wildman–Crippen MR) is 128 cm³/mol. The van der Waals surface area contributed by atoms with E-state index in [-0.39, 0.29) is 30.5 Å². The van der Waals surface area contributed by atoms with E-state index in [4.69, 9.17) is 4.74 Å². The van der Waals surface area contributed by atoms with E-state index in [1.54, 1.807) is 23.2 Å². The third-order valence-electron chi connectivity index (χ3n) is 5.91. The maximum atomic E-state index is 13.3. The Morgan fingerprint density at radius 3 is 2.52 bits per heavy atom. The van der Waals surface area contributed by atoms with E-state index in [0.717, 1.165) is 16.5 Å². The normalized spacial score (nSPS) is 15.2. The predicted octanol–water partition coefficient (Wildman–Crippen LogP) is 3.58. The van der Waals surface area contributed by atoms with Gasteiger partial charge in [0.25, 0.3) is 5.91 Å². The molecule has 2 heterocycles. The molecule has 3 aromatic rings. The summed E-state index contributed by atoms with van der Waals surface area (Å²) in [7, 11) is -3.72. The number of carbonyl (C=O) groups excluding carboxylic acids is 1. The Hall–Kier alpha value is -2.97. The molecule has 7 nitrogen and oxygen atoms in total. The number of benzene rings is 2. The van der Waals surface area contributed by atoms with Crippen LogP contribution in [-0.2, 0) is 14.8 Å². The first-order valence-corrected chi connectivity index (χ1v) is 12.6. The fraction of sp³-hybridized carbons (Fsp3) is 0.360. The fourth-order valence-electron chi connectivity index (χ4n) is 3.97. The first-order valence-electron chi connectivity index (χ1n) is 11.1. The molecule has 1 aliphatic heterocycles. The summed E-state index contributed by atoms with van der Waals surface area (Å²) < 4.78 is 33.8. The van der Waals surface area contributed by atoms with Crippen LogP contribution in [0.4, 0.5) is 0 Å². The number of nitrogens with zero attached hydrogens (tertiary/aromatic N) is 3. The van der Waals surface area contributed by atoms with E-state index >= 15 is 0 Å². The lowest BCUT2D eigenvalue weighted by Crippen LogP contribution is -2.51. The lowest BCUT2D eigenvalue weighted by molar-refractivity contribution is -0.134. The molecule has 1 amide bonds. The van der Waals surface area contributed by atoms with Gasteiger partial charge in [-0.1, -0.05) is 38.1 Å². The number of aryl methyl sites for hydroxylation is 1. The number of ether oxygens (including phenoxy) is 1. The van der Waals surface area contributed by atoms with Crippen LogP contribution in [0.3, 0.4) is 0 Å². The third-order valence-corrected chi connectivity index (χ3v) is 7.84. The number of aromatic nitrogens is 1.